The molecule has 20 heavy (non-hydrogen) atoms. The lowest BCUT2D eigenvalue weighted by atomic mass is 10.1. The van der Waals surface area contributed by atoms with E-state index in [-0.39, 0.29) is 17.8 Å². The predicted octanol–water partition coefficient (Wildman–Crippen LogP) is 3.47. The number of nitrogens with one attached hydrogen (secondary N) is 1. The Labute approximate surface area is 124 Å². The van der Waals surface area contributed by atoms with Crippen LogP contribution in [0.5, 0.6) is 0 Å². The van der Waals surface area contributed by atoms with Crippen molar-refractivity contribution in [3.05, 3.63) is 29.6 Å². The zero-order valence-electron chi connectivity index (χ0n) is 12.6. The molecule has 1 aromatic carbocycles. The predicted molar refractivity (Wildman–Crippen MR) is 85.1 cm³/mol. The van der Waals surface area contributed by atoms with Gasteiger partial charge in [-0.05, 0) is 44.4 Å². The van der Waals surface area contributed by atoms with Gasteiger partial charge in [-0.2, -0.15) is 11.8 Å². The minimum absolute atomic E-state index is 0.132. The van der Waals surface area contributed by atoms with E-state index in [2.05, 4.69) is 5.32 Å². The second-order valence-electron chi connectivity index (χ2n) is 4.74. The number of rotatable bonds is 7. The monoisotopic (exact) mass is 298 g/mol. The van der Waals surface area contributed by atoms with Crippen molar-refractivity contribution in [1.29, 1.82) is 0 Å². The molecule has 0 aliphatic rings. The number of hydrogen-bond acceptors (Lipinski definition) is 3. The van der Waals surface area contributed by atoms with Gasteiger partial charge in [-0.15, -0.1) is 0 Å². The van der Waals surface area contributed by atoms with Crippen LogP contribution in [0.25, 0.3) is 0 Å². The van der Waals surface area contributed by atoms with Crippen LogP contribution in [0.2, 0.25) is 0 Å². The molecule has 1 atom stereocenters. The van der Waals surface area contributed by atoms with Crippen molar-refractivity contribution in [3.63, 3.8) is 0 Å². The maximum absolute atomic E-state index is 13.8. The zero-order valence-corrected chi connectivity index (χ0v) is 13.4. The Morgan fingerprint density at radius 2 is 2.20 bits per heavy atom. The number of anilines is 1. The van der Waals surface area contributed by atoms with Crippen LogP contribution in [-0.2, 0) is 0 Å². The summed E-state index contributed by atoms with van der Waals surface area (Å²) >= 11 is 1.76. The Balaban J connectivity index is 2.93. The molecule has 0 saturated carbocycles. The van der Waals surface area contributed by atoms with E-state index in [9.17, 15) is 9.18 Å². The summed E-state index contributed by atoms with van der Waals surface area (Å²) in [5, 5.41) is 2.94. The standard InChI is InChI=1S/C15H23FN2OS/c1-5-17-14-12(7-6-8-13(14)16)15(19)18(3)11(2)9-10-20-4/h6-8,11,17H,5,9-10H2,1-4H3. The van der Waals surface area contributed by atoms with E-state index in [0.717, 1.165) is 12.2 Å². The molecular weight excluding hydrogens is 275 g/mol. The lowest BCUT2D eigenvalue weighted by Gasteiger charge is -2.26. The molecule has 1 N–H and O–H groups in total. The van der Waals surface area contributed by atoms with Crippen molar-refractivity contribution < 1.29 is 9.18 Å². The average Bonchev–Trinajstić information content (AvgIpc) is 2.45. The molecule has 1 rings (SSSR count). The molecule has 0 spiro atoms. The van der Waals surface area contributed by atoms with Gasteiger partial charge in [0.2, 0.25) is 0 Å². The van der Waals surface area contributed by atoms with Crippen LogP contribution < -0.4 is 5.32 Å². The number of carbonyl (C=O) groups is 1. The molecule has 0 saturated heterocycles. The van der Waals surface area contributed by atoms with Crippen LogP contribution in [0, 0.1) is 5.82 Å². The summed E-state index contributed by atoms with van der Waals surface area (Å²) in [4.78, 5) is 14.2. The molecule has 0 heterocycles. The highest BCUT2D eigenvalue weighted by molar-refractivity contribution is 7.98. The van der Waals surface area contributed by atoms with Crippen LogP contribution in [-0.4, -0.2) is 42.4 Å². The smallest absolute Gasteiger partial charge is 0.256 e. The van der Waals surface area contributed by atoms with Crippen molar-refractivity contribution in [2.45, 2.75) is 26.3 Å². The molecule has 0 aliphatic heterocycles. The van der Waals surface area contributed by atoms with Crippen molar-refractivity contribution in [1.82, 2.24) is 4.90 Å². The molecule has 1 aromatic rings. The quantitative estimate of drug-likeness (QED) is 0.836. The van der Waals surface area contributed by atoms with Crippen molar-refractivity contribution in [3.8, 4) is 0 Å². The minimum atomic E-state index is -0.386. The van der Waals surface area contributed by atoms with Gasteiger partial charge in [-0.25, -0.2) is 4.39 Å². The van der Waals surface area contributed by atoms with Crippen molar-refractivity contribution >= 4 is 23.4 Å². The Bertz CT molecular complexity index is 453. The second-order valence-corrected chi connectivity index (χ2v) is 5.72. The van der Waals surface area contributed by atoms with E-state index in [1.54, 1.807) is 35.8 Å². The van der Waals surface area contributed by atoms with Crippen molar-refractivity contribution in [2.75, 3.05) is 30.9 Å². The molecule has 0 radical (unpaired) electrons. The van der Waals surface area contributed by atoms with E-state index < -0.39 is 0 Å². The molecular formula is C15H23FN2OS. The van der Waals surface area contributed by atoms with Gasteiger partial charge < -0.3 is 10.2 Å². The summed E-state index contributed by atoms with van der Waals surface area (Å²) in [7, 11) is 1.77. The number of amides is 1. The molecule has 0 bridgehead atoms. The molecule has 1 amide bonds. The van der Waals surface area contributed by atoms with Gasteiger partial charge >= 0.3 is 0 Å². The molecule has 5 heteroatoms. The van der Waals surface area contributed by atoms with Gasteiger partial charge in [-0.3, -0.25) is 4.79 Å². The third kappa shape index (κ3) is 4.13. The number of para-hydroxylation sites is 1. The molecule has 3 nitrogen and oxygen atoms in total. The highest BCUT2D eigenvalue weighted by Gasteiger charge is 2.21. The fraction of sp³-hybridized carbons (Fsp3) is 0.533. The second kappa shape index (κ2) is 8.15. The van der Waals surface area contributed by atoms with Crippen LogP contribution in [0.15, 0.2) is 18.2 Å². The van der Waals surface area contributed by atoms with E-state index in [4.69, 9.17) is 0 Å². The number of carbonyl (C=O) groups excluding carboxylic acids is 1. The normalized spacial score (nSPS) is 12.1. The number of nitrogens with zero attached hydrogens (tertiary/aromatic N) is 1. The molecule has 0 aliphatic carbocycles. The summed E-state index contributed by atoms with van der Waals surface area (Å²) in [6, 6.07) is 4.74. The Hall–Kier alpha value is -1.23. The van der Waals surface area contributed by atoms with Crippen LogP contribution in [0.3, 0.4) is 0 Å². The average molecular weight is 298 g/mol. The molecule has 0 fully saturated rings. The summed E-state index contributed by atoms with van der Waals surface area (Å²) in [5.74, 6) is 0.471. The highest BCUT2D eigenvalue weighted by Crippen LogP contribution is 2.22. The van der Waals surface area contributed by atoms with Crippen molar-refractivity contribution in [2.24, 2.45) is 0 Å². The lowest BCUT2D eigenvalue weighted by molar-refractivity contribution is 0.0742. The van der Waals surface area contributed by atoms with Gasteiger partial charge in [-0.1, -0.05) is 6.07 Å². The van der Waals surface area contributed by atoms with E-state index in [1.165, 1.54) is 6.07 Å². The number of benzene rings is 1. The van der Waals surface area contributed by atoms with E-state index in [0.29, 0.717) is 17.8 Å². The maximum atomic E-state index is 13.8. The first-order valence-corrected chi connectivity index (χ1v) is 8.20. The highest BCUT2D eigenvalue weighted by atomic mass is 32.2. The summed E-state index contributed by atoms with van der Waals surface area (Å²) in [6.45, 7) is 4.47. The molecule has 112 valence electrons. The summed E-state index contributed by atoms with van der Waals surface area (Å²) < 4.78 is 13.8. The fourth-order valence-electron chi connectivity index (χ4n) is 1.93. The SMILES string of the molecule is CCNc1c(F)cccc1C(=O)N(C)C(C)CCSC. The first kappa shape index (κ1) is 16.8. The van der Waals surface area contributed by atoms with Gasteiger partial charge in [0, 0.05) is 19.6 Å². The zero-order chi connectivity index (χ0) is 15.1. The summed E-state index contributed by atoms with van der Waals surface area (Å²) in [5.41, 5.74) is 0.689. The van der Waals surface area contributed by atoms with Crippen LogP contribution in [0.4, 0.5) is 10.1 Å². The first-order chi connectivity index (χ1) is 9.52. The number of halogens is 1. The number of hydrogen-bond donors (Lipinski definition) is 1. The van der Waals surface area contributed by atoms with Crippen LogP contribution >= 0.6 is 11.8 Å². The van der Waals surface area contributed by atoms with Crippen LogP contribution in [0.1, 0.15) is 30.6 Å². The third-order valence-corrected chi connectivity index (χ3v) is 3.96. The number of thioether (sulfide) groups is 1. The molecule has 0 aromatic heterocycles. The van der Waals surface area contributed by atoms with Gasteiger partial charge in [0.1, 0.15) is 5.82 Å². The topological polar surface area (TPSA) is 32.3 Å². The minimum Gasteiger partial charge on any atom is -0.382 e. The Kier molecular flexibility index (Phi) is 6.85. The van der Waals surface area contributed by atoms with E-state index in [1.807, 2.05) is 20.1 Å². The van der Waals surface area contributed by atoms with Gasteiger partial charge in [0.25, 0.3) is 5.91 Å². The summed E-state index contributed by atoms with van der Waals surface area (Å²) in [6.07, 6.45) is 2.97. The Morgan fingerprint density at radius 3 is 2.80 bits per heavy atom. The van der Waals surface area contributed by atoms with E-state index >= 15 is 0 Å². The fourth-order valence-corrected chi connectivity index (χ4v) is 2.51. The maximum Gasteiger partial charge on any atom is 0.256 e. The van der Waals surface area contributed by atoms with Gasteiger partial charge in [0.15, 0.2) is 0 Å². The molecule has 1 unspecified atom stereocenters. The Morgan fingerprint density at radius 1 is 1.50 bits per heavy atom. The lowest BCUT2D eigenvalue weighted by Crippen LogP contribution is -2.36. The third-order valence-electron chi connectivity index (χ3n) is 3.32. The first-order valence-electron chi connectivity index (χ1n) is 6.81. The van der Waals surface area contributed by atoms with Gasteiger partial charge in [0.05, 0.1) is 11.3 Å². The largest absolute Gasteiger partial charge is 0.382 e.